The monoisotopic (exact) mass is 276 g/mol. The summed E-state index contributed by atoms with van der Waals surface area (Å²) in [7, 11) is -3.96. The third-order valence-electron chi connectivity index (χ3n) is 1.91. The molecule has 0 atom stereocenters. The Kier molecular flexibility index (Phi) is 2.86. The smallest absolute Gasteiger partial charge is 0.248 e. The second-order valence-corrected chi connectivity index (χ2v) is 5.02. The second kappa shape index (κ2) is 4.06. The maximum absolute atomic E-state index is 13.2. The number of primary sulfonamides is 1. The molecule has 0 bridgehead atoms. The molecule has 90 valence electrons. The Morgan fingerprint density at radius 3 is 2.65 bits per heavy atom. The average Bonchev–Trinajstić information content (AvgIpc) is 2.70. The Morgan fingerprint density at radius 1 is 1.41 bits per heavy atom. The fourth-order valence-corrected chi connectivity index (χ4v) is 1.64. The number of halogens is 2. The Morgan fingerprint density at radius 2 is 2.12 bits per heavy atom. The van der Waals surface area contributed by atoms with Gasteiger partial charge in [0.2, 0.25) is 0 Å². The molecule has 0 aliphatic heterocycles. The van der Waals surface area contributed by atoms with Gasteiger partial charge in [-0.1, -0.05) is 11.6 Å². The van der Waals surface area contributed by atoms with Gasteiger partial charge in [0.15, 0.2) is 5.82 Å². The molecule has 3 N–H and O–H groups in total. The van der Waals surface area contributed by atoms with Gasteiger partial charge in [0.25, 0.3) is 15.2 Å². The minimum atomic E-state index is -3.96. The van der Waals surface area contributed by atoms with Crippen LogP contribution < -0.4 is 5.14 Å². The van der Waals surface area contributed by atoms with Gasteiger partial charge in [-0.2, -0.15) is 10.1 Å². The van der Waals surface area contributed by atoms with Crippen LogP contribution in [-0.2, 0) is 10.0 Å². The number of H-pyrrole nitrogens is 1. The largest absolute Gasteiger partial charge is 0.273 e. The highest BCUT2D eigenvalue weighted by Crippen LogP contribution is 2.21. The molecule has 1 aromatic carbocycles. The Balaban J connectivity index is 2.47. The topological polar surface area (TPSA) is 102 Å². The summed E-state index contributed by atoms with van der Waals surface area (Å²) in [6.07, 6.45) is 0. The summed E-state index contributed by atoms with van der Waals surface area (Å²) in [5.41, 5.74) is 0.290. The molecule has 0 radical (unpaired) electrons. The Bertz CT molecular complexity index is 670. The average molecular weight is 277 g/mol. The molecule has 0 aliphatic carbocycles. The number of hydrogen-bond acceptors (Lipinski definition) is 4. The zero-order valence-corrected chi connectivity index (χ0v) is 9.76. The van der Waals surface area contributed by atoms with Crippen molar-refractivity contribution in [2.24, 2.45) is 5.14 Å². The third kappa shape index (κ3) is 2.43. The number of aromatic amines is 1. The Hall–Kier alpha value is -1.51. The maximum atomic E-state index is 13.2. The fraction of sp³-hybridized carbons (Fsp3) is 0. The van der Waals surface area contributed by atoms with Gasteiger partial charge >= 0.3 is 0 Å². The number of nitrogens with zero attached hydrogens (tertiary/aromatic N) is 2. The van der Waals surface area contributed by atoms with Crippen molar-refractivity contribution in [1.82, 2.24) is 15.2 Å². The molecule has 0 amide bonds. The summed E-state index contributed by atoms with van der Waals surface area (Å²) < 4.78 is 35.1. The van der Waals surface area contributed by atoms with Crippen LogP contribution in [0.1, 0.15) is 0 Å². The Labute approximate surface area is 101 Å². The van der Waals surface area contributed by atoms with E-state index in [1.54, 1.807) is 0 Å². The van der Waals surface area contributed by atoms with Crippen molar-refractivity contribution < 1.29 is 12.8 Å². The summed E-state index contributed by atoms with van der Waals surface area (Å²) in [5, 5.41) is 10.1. The molecule has 0 saturated heterocycles. The molecule has 1 heterocycles. The van der Waals surface area contributed by atoms with Crippen LogP contribution in [0.5, 0.6) is 0 Å². The number of rotatable bonds is 2. The SMILES string of the molecule is NS(=O)(=O)c1nc(-c2ccc(Cl)c(F)c2)n[nH]1. The van der Waals surface area contributed by atoms with Crippen molar-refractivity contribution in [3.8, 4) is 11.4 Å². The molecule has 9 heteroatoms. The lowest BCUT2D eigenvalue weighted by Crippen LogP contribution is -2.13. The predicted octanol–water partition coefficient (Wildman–Crippen LogP) is 0.912. The van der Waals surface area contributed by atoms with Crippen molar-refractivity contribution in [3.63, 3.8) is 0 Å². The number of nitrogens with two attached hydrogens (primary N) is 1. The maximum Gasteiger partial charge on any atom is 0.273 e. The van der Waals surface area contributed by atoms with Crippen molar-refractivity contribution >= 4 is 21.6 Å². The van der Waals surface area contributed by atoms with Gasteiger partial charge in [0, 0.05) is 5.56 Å². The lowest BCUT2D eigenvalue weighted by molar-refractivity contribution is 0.589. The molecule has 2 rings (SSSR count). The van der Waals surface area contributed by atoms with Crippen LogP contribution in [0.4, 0.5) is 4.39 Å². The predicted molar refractivity (Wildman–Crippen MR) is 58.2 cm³/mol. The van der Waals surface area contributed by atoms with E-state index in [2.05, 4.69) is 15.2 Å². The molecule has 2 aromatic rings. The van der Waals surface area contributed by atoms with Crippen LogP contribution >= 0.6 is 11.6 Å². The van der Waals surface area contributed by atoms with Crippen LogP contribution in [0.2, 0.25) is 5.02 Å². The van der Waals surface area contributed by atoms with Crippen LogP contribution in [0.15, 0.2) is 23.4 Å². The number of sulfonamides is 1. The first-order valence-corrected chi connectivity index (χ1v) is 6.21. The minimum Gasteiger partial charge on any atom is -0.248 e. The summed E-state index contributed by atoms with van der Waals surface area (Å²) in [4.78, 5) is 3.63. The van der Waals surface area contributed by atoms with Gasteiger partial charge in [-0.15, -0.1) is 0 Å². The first kappa shape index (κ1) is 12.0. The first-order chi connectivity index (χ1) is 7.88. The summed E-state index contributed by atoms with van der Waals surface area (Å²) in [6.45, 7) is 0. The summed E-state index contributed by atoms with van der Waals surface area (Å²) in [6, 6.07) is 3.87. The van der Waals surface area contributed by atoms with E-state index >= 15 is 0 Å². The normalized spacial score (nSPS) is 11.7. The highest BCUT2D eigenvalue weighted by atomic mass is 35.5. The van der Waals surface area contributed by atoms with E-state index in [4.69, 9.17) is 16.7 Å². The highest BCUT2D eigenvalue weighted by Gasteiger charge is 2.15. The van der Waals surface area contributed by atoms with Crippen LogP contribution in [0, 0.1) is 5.82 Å². The van der Waals surface area contributed by atoms with Gasteiger partial charge in [0.05, 0.1) is 5.02 Å². The van der Waals surface area contributed by atoms with Gasteiger partial charge in [0.1, 0.15) is 5.82 Å². The van der Waals surface area contributed by atoms with Gasteiger partial charge < -0.3 is 0 Å². The molecular formula is C8H6ClFN4O2S. The van der Waals surface area contributed by atoms with Gasteiger partial charge in [-0.05, 0) is 18.2 Å². The quantitative estimate of drug-likeness (QED) is 0.851. The summed E-state index contributed by atoms with van der Waals surface area (Å²) in [5.74, 6) is -0.629. The van der Waals surface area contributed by atoms with Crippen molar-refractivity contribution in [3.05, 3.63) is 29.0 Å². The van der Waals surface area contributed by atoms with E-state index in [-0.39, 0.29) is 16.4 Å². The van der Waals surface area contributed by atoms with Crippen molar-refractivity contribution in [2.75, 3.05) is 0 Å². The van der Waals surface area contributed by atoms with Gasteiger partial charge in [-0.25, -0.2) is 23.0 Å². The van der Waals surface area contributed by atoms with Crippen LogP contribution in [0.3, 0.4) is 0 Å². The molecule has 0 aliphatic rings. The number of aromatic nitrogens is 3. The van der Waals surface area contributed by atoms with E-state index in [9.17, 15) is 12.8 Å². The lowest BCUT2D eigenvalue weighted by Gasteiger charge is -1.96. The molecule has 0 fully saturated rings. The molecule has 17 heavy (non-hydrogen) atoms. The molecule has 0 saturated carbocycles. The van der Waals surface area contributed by atoms with E-state index in [1.807, 2.05) is 0 Å². The van der Waals surface area contributed by atoms with E-state index in [0.29, 0.717) is 0 Å². The molecule has 0 unspecified atom stereocenters. The third-order valence-corrected chi connectivity index (χ3v) is 2.94. The zero-order valence-electron chi connectivity index (χ0n) is 8.18. The van der Waals surface area contributed by atoms with E-state index in [1.165, 1.54) is 12.1 Å². The standard InChI is InChI=1S/C8H6ClFN4O2S/c9-5-2-1-4(3-6(5)10)7-12-8(14-13-7)17(11,15)16/h1-3H,(H2,11,15,16)(H,12,13,14). The van der Waals surface area contributed by atoms with Crippen molar-refractivity contribution in [1.29, 1.82) is 0 Å². The molecular weight excluding hydrogens is 271 g/mol. The number of hydrogen-bond donors (Lipinski definition) is 2. The second-order valence-electron chi connectivity index (χ2n) is 3.14. The van der Waals surface area contributed by atoms with Crippen molar-refractivity contribution in [2.45, 2.75) is 5.16 Å². The molecule has 0 spiro atoms. The fourth-order valence-electron chi connectivity index (χ4n) is 1.14. The van der Waals surface area contributed by atoms with Crippen LogP contribution in [-0.4, -0.2) is 23.6 Å². The first-order valence-electron chi connectivity index (χ1n) is 4.28. The van der Waals surface area contributed by atoms with Crippen LogP contribution in [0.25, 0.3) is 11.4 Å². The molecule has 1 aromatic heterocycles. The van der Waals surface area contributed by atoms with E-state index < -0.39 is 21.0 Å². The minimum absolute atomic E-state index is 0.0181. The summed E-state index contributed by atoms with van der Waals surface area (Å²) >= 11 is 5.51. The number of benzene rings is 1. The van der Waals surface area contributed by atoms with Gasteiger partial charge in [-0.3, -0.25) is 0 Å². The molecule has 6 nitrogen and oxygen atoms in total. The zero-order chi connectivity index (χ0) is 12.6. The highest BCUT2D eigenvalue weighted by molar-refractivity contribution is 7.89. The number of nitrogens with one attached hydrogen (secondary N) is 1. The lowest BCUT2D eigenvalue weighted by atomic mass is 10.2. The van der Waals surface area contributed by atoms with E-state index in [0.717, 1.165) is 6.07 Å².